The van der Waals surface area contributed by atoms with Crippen LogP contribution in [0.25, 0.3) is 0 Å². The van der Waals surface area contributed by atoms with Crippen molar-refractivity contribution in [2.45, 2.75) is 46.3 Å². The average Bonchev–Trinajstić information content (AvgIpc) is 2.96. The summed E-state index contributed by atoms with van der Waals surface area (Å²) in [7, 11) is 1.83. The molecule has 0 aliphatic carbocycles. The van der Waals surface area contributed by atoms with Crippen molar-refractivity contribution in [2.75, 3.05) is 0 Å². The molecule has 2 aromatic rings. The van der Waals surface area contributed by atoms with E-state index >= 15 is 0 Å². The zero-order valence-electron chi connectivity index (χ0n) is 14.0. The Kier molecular flexibility index (Phi) is 5.05. The van der Waals surface area contributed by atoms with Gasteiger partial charge in [0.25, 0.3) is 0 Å². The maximum atomic E-state index is 12.8. The Morgan fingerprint density at radius 2 is 2.00 bits per heavy atom. The van der Waals surface area contributed by atoms with E-state index in [9.17, 15) is 18.0 Å². The first-order valence-corrected chi connectivity index (χ1v) is 7.52. The molecule has 0 radical (unpaired) electrons. The average molecular weight is 343 g/mol. The van der Waals surface area contributed by atoms with E-state index in [1.807, 2.05) is 20.9 Å². The van der Waals surface area contributed by atoms with Gasteiger partial charge in [-0.2, -0.15) is 18.3 Å². The van der Waals surface area contributed by atoms with E-state index in [4.69, 9.17) is 0 Å². The molecule has 132 valence electrons. The Balaban J connectivity index is 1.95. The third-order valence-corrected chi connectivity index (χ3v) is 3.93. The van der Waals surface area contributed by atoms with E-state index < -0.39 is 11.9 Å². The molecule has 0 aliphatic heterocycles. The molecule has 0 saturated heterocycles. The van der Waals surface area contributed by atoms with Gasteiger partial charge in [-0.05, 0) is 38.8 Å². The summed E-state index contributed by atoms with van der Waals surface area (Å²) in [5, 5.41) is 6.79. The number of hydrogen-bond donors (Lipinski definition) is 1. The second-order valence-electron chi connectivity index (χ2n) is 5.76. The predicted octanol–water partition coefficient (Wildman–Crippen LogP) is 3.21. The Bertz CT molecular complexity index is 745. The quantitative estimate of drug-likeness (QED) is 0.907. The Hall–Kier alpha value is -2.25. The number of nitrogens with one attached hydrogen (secondary N) is 1. The zero-order valence-corrected chi connectivity index (χ0v) is 14.0. The molecular weight excluding hydrogens is 323 g/mol. The lowest BCUT2D eigenvalue weighted by molar-refractivity contribution is -0.154. The summed E-state index contributed by atoms with van der Waals surface area (Å²) in [6.07, 6.45) is -3.89. The summed E-state index contributed by atoms with van der Waals surface area (Å²) in [6, 6.07) is 1.29. The summed E-state index contributed by atoms with van der Waals surface area (Å²) < 4.78 is 44.9. The zero-order chi connectivity index (χ0) is 18.1. The van der Waals surface area contributed by atoms with Gasteiger partial charge in [-0.25, -0.2) is 0 Å². The van der Waals surface area contributed by atoms with Crippen LogP contribution in [-0.4, -0.2) is 15.7 Å². The summed E-state index contributed by atoms with van der Waals surface area (Å²) in [4.78, 5) is 11.9. The summed E-state index contributed by atoms with van der Waals surface area (Å²) in [5.41, 5.74) is 2.75. The number of carbonyl (C=O) groups excluding carboxylic acids is 1. The number of nitrogens with zero attached hydrogens (tertiary/aromatic N) is 2. The van der Waals surface area contributed by atoms with Gasteiger partial charge < -0.3 is 9.73 Å². The van der Waals surface area contributed by atoms with Crippen molar-refractivity contribution in [1.82, 2.24) is 15.1 Å². The highest BCUT2D eigenvalue weighted by atomic mass is 19.4. The third-order valence-electron chi connectivity index (χ3n) is 3.93. The van der Waals surface area contributed by atoms with Crippen LogP contribution in [0.1, 0.15) is 40.5 Å². The Morgan fingerprint density at radius 1 is 1.33 bits per heavy atom. The van der Waals surface area contributed by atoms with Crippen molar-refractivity contribution in [2.24, 2.45) is 7.05 Å². The van der Waals surface area contributed by atoms with Gasteiger partial charge in [-0.1, -0.05) is 0 Å². The highest BCUT2D eigenvalue weighted by Gasteiger charge is 2.37. The molecule has 0 atom stereocenters. The van der Waals surface area contributed by atoms with Gasteiger partial charge >= 0.3 is 6.18 Å². The van der Waals surface area contributed by atoms with Crippen molar-refractivity contribution in [3.05, 3.63) is 40.1 Å². The molecule has 0 aromatic carbocycles. The van der Waals surface area contributed by atoms with Crippen LogP contribution in [0.4, 0.5) is 13.2 Å². The lowest BCUT2D eigenvalue weighted by Gasteiger charge is -2.08. The number of hydrogen-bond acceptors (Lipinski definition) is 3. The van der Waals surface area contributed by atoms with Crippen LogP contribution >= 0.6 is 0 Å². The smallest absolute Gasteiger partial charge is 0.449 e. The van der Waals surface area contributed by atoms with Crippen molar-refractivity contribution in [1.29, 1.82) is 0 Å². The lowest BCUT2D eigenvalue weighted by atomic mass is 10.1. The highest BCUT2D eigenvalue weighted by molar-refractivity contribution is 5.76. The second-order valence-corrected chi connectivity index (χ2v) is 5.76. The van der Waals surface area contributed by atoms with E-state index in [2.05, 4.69) is 14.8 Å². The van der Waals surface area contributed by atoms with Crippen LogP contribution in [0.15, 0.2) is 10.5 Å². The number of aromatic nitrogens is 2. The van der Waals surface area contributed by atoms with Crippen LogP contribution < -0.4 is 5.32 Å². The fourth-order valence-electron chi connectivity index (χ4n) is 2.64. The fourth-order valence-corrected chi connectivity index (χ4v) is 2.64. The van der Waals surface area contributed by atoms with E-state index in [0.717, 1.165) is 17.0 Å². The summed E-state index contributed by atoms with van der Waals surface area (Å²) in [6.45, 7) is 5.01. The number of halogens is 3. The molecule has 2 rings (SSSR count). The van der Waals surface area contributed by atoms with Crippen LogP contribution in [-0.2, 0) is 31.0 Å². The van der Waals surface area contributed by atoms with Gasteiger partial charge in [0.05, 0.1) is 5.69 Å². The minimum absolute atomic E-state index is 0.0675. The summed E-state index contributed by atoms with van der Waals surface area (Å²) in [5.74, 6) is -1.21. The van der Waals surface area contributed by atoms with Crippen molar-refractivity contribution >= 4 is 5.91 Å². The van der Waals surface area contributed by atoms with Crippen molar-refractivity contribution in [3.63, 3.8) is 0 Å². The molecule has 0 bridgehead atoms. The Labute approximate surface area is 137 Å². The van der Waals surface area contributed by atoms with Gasteiger partial charge in [-0.3, -0.25) is 9.48 Å². The molecule has 0 saturated carbocycles. The van der Waals surface area contributed by atoms with Crippen molar-refractivity contribution in [3.8, 4) is 0 Å². The van der Waals surface area contributed by atoms with Gasteiger partial charge in [0.15, 0.2) is 0 Å². The Morgan fingerprint density at radius 3 is 2.54 bits per heavy atom. The van der Waals surface area contributed by atoms with Crippen LogP contribution in [0.3, 0.4) is 0 Å². The van der Waals surface area contributed by atoms with Crippen LogP contribution in [0.2, 0.25) is 0 Å². The fraction of sp³-hybridized carbons (Fsp3) is 0.500. The molecule has 0 spiro atoms. The van der Waals surface area contributed by atoms with Crippen LogP contribution in [0.5, 0.6) is 0 Å². The maximum absolute atomic E-state index is 12.8. The monoisotopic (exact) mass is 343 g/mol. The minimum Gasteiger partial charge on any atom is -0.456 e. The first-order chi connectivity index (χ1) is 11.1. The molecule has 1 amide bonds. The topological polar surface area (TPSA) is 60.1 Å². The summed E-state index contributed by atoms with van der Waals surface area (Å²) >= 11 is 0. The molecule has 0 aliphatic rings. The van der Waals surface area contributed by atoms with Crippen molar-refractivity contribution < 1.29 is 22.4 Å². The standard InChI is InChI=1S/C16H20F3N3O2/c1-9-7-12(15(24-9)16(17,18)19)8-20-14(23)6-5-13-10(2)21-22(4)11(13)3/h7H,5-6,8H2,1-4H3,(H,20,23). The minimum atomic E-state index is -4.57. The van der Waals surface area contributed by atoms with E-state index in [-0.39, 0.29) is 30.2 Å². The van der Waals surface area contributed by atoms with E-state index in [1.165, 1.54) is 13.0 Å². The molecule has 5 nitrogen and oxygen atoms in total. The molecule has 8 heteroatoms. The number of aryl methyl sites for hydroxylation is 3. The van der Waals surface area contributed by atoms with Gasteiger partial charge in [0.1, 0.15) is 5.76 Å². The third kappa shape index (κ3) is 3.98. The van der Waals surface area contributed by atoms with E-state index in [0.29, 0.717) is 6.42 Å². The molecule has 1 N–H and O–H groups in total. The maximum Gasteiger partial charge on any atom is 0.449 e. The normalized spacial score (nSPS) is 11.8. The molecular formula is C16H20F3N3O2. The number of rotatable bonds is 5. The number of carbonyl (C=O) groups is 1. The highest BCUT2D eigenvalue weighted by Crippen LogP contribution is 2.33. The molecule has 2 aromatic heterocycles. The first kappa shape index (κ1) is 18.1. The van der Waals surface area contributed by atoms with E-state index in [1.54, 1.807) is 4.68 Å². The largest absolute Gasteiger partial charge is 0.456 e. The molecule has 0 fully saturated rings. The molecule has 0 unspecified atom stereocenters. The van der Waals surface area contributed by atoms with Crippen LogP contribution in [0, 0.1) is 20.8 Å². The first-order valence-electron chi connectivity index (χ1n) is 7.52. The second kappa shape index (κ2) is 6.70. The number of furan rings is 1. The number of amides is 1. The number of alkyl halides is 3. The SMILES string of the molecule is Cc1cc(CNC(=O)CCc2c(C)nn(C)c2C)c(C(F)(F)F)o1. The molecule has 24 heavy (non-hydrogen) atoms. The van der Waals surface area contributed by atoms with Gasteiger partial charge in [-0.15, -0.1) is 0 Å². The van der Waals surface area contributed by atoms with Gasteiger partial charge in [0.2, 0.25) is 11.7 Å². The lowest BCUT2D eigenvalue weighted by Crippen LogP contribution is -2.24. The predicted molar refractivity (Wildman–Crippen MR) is 81.3 cm³/mol. The van der Waals surface area contributed by atoms with Gasteiger partial charge in [0, 0.05) is 31.3 Å². The molecule has 2 heterocycles.